The quantitative estimate of drug-likeness (QED) is 0.778. The summed E-state index contributed by atoms with van der Waals surface area (Å²) in [6, 6.07) is 13.3. The first-order valence-corrected chi connectivity index (χ1v) is 6.82. The van der Waals surface area contributed by atoms with E-state index in [1.165, 1.54) is 12.1 Å². The number of hydrogen-bond acceptors (Lipinski definition) is 3. The van der Waals surface area contributed by atoms with Crippen LogP contribution in [0.25, 0.3) is 11.0 Å². The van der Waals surface area contributed by atoms with E-state index in [1.54, 1.807) is 24.3 Å². The van der Waals surface area contributed by atoms with Gasteiger partial charge in [-0.25, -0.2) is 4.39 Å². The molecule has 0 unspecified atom stereocenters. The van der Waals surface area contributed by atoms with Crippen LogP contribution in [0, 0.1) is 5.82 Å². The van der Waals surface area contributed by atoms with E-state index in [-0.39, 0.29) is 18.0 Å². The average Bonchev–Trinajstić information content (AvgIpc) is 2.98. The van der Waals surface area contributed by atoms with Gasteiger partial charge in [0.25, 0.3) is 5.91 Å². The molecule has 5 heteroatoms. The highest BCUT2D eigenvalue weighted by Gasteiger charge is 2.14. The van der Waals surface area contributed by atoms with E-state index >= 15 is 0 Å². The summed E-state index contributed by atoms with van der Waals surface area (Å²) in [4.78, 5) is 12.1. The van der Waals surface area contributed by atoms with Crippen LogP contribution in [-0.2, 0) is 13.2 Å². The molecule has 0 saturated carbocycles. The lowest BCUT2D eigenvalue weighted by Gasteiger charge is -2.05. The third kappa shape index (κ3) is 2.84. The van der Waals surface area contributed by atoms with Gasteiger partial charge in [-0.3, -0.25) is 4.79 Å². The molecule has 1 heterocycles. The van der Waals surface area contributed by atoms with Gasteiger partial charge >= 0.3 is 0 Å². The van der Waals surface area contributed by atoms with Crippen LogP contribution in [0.15, 0.2) is 52.9 Å². The second-order valence-corrected chi connectivity index (χ2v) is 4.93. The van der Waals surface area contributed by atoms with Crippen molar-refractivity contribution in [2.75, 3.05) is 0 Å². The number of furan rings is 1. The van der Waals surface area contributed by atoms with Gasteiger partial charge in [0, 0.05) is 11.9 Å². The number of halogens is 1. The summed E-state index contributed by atoms with van der Waals surface area (Å²) < 4.78 is 18.8. The zero-order valence-electron chi connectivity index (χ0n) is 11.7. The SMILES string of the molecule is O=C(NCc1cccc(CO)c1)c1cc2cccc(F)c2o1. The summed E-state index contributed by atoms with van der Waals surface area (Å²) in [6.45, 7) is 0.247. The molecule has 0 saturated heterocycles. The topological polar surface area (TPSA) is 62.5 Å². The number of nitrogens with one attached hydrogen (secondary N) is 1. The zero-order valence-corrected chi connectivity index (χ0v) is 11.7. The minimum absolute atomic E-state index is 0.0510. The van der Waals surface area contributed by atoms with Crippen molar-refractivity contribution in [1.29, 1.82) is 0 Å². The van der Waals surface area contributed by atoms with Crippen LogP contribution >= 0.6 is 0 Å². The molecule has 1 aromatic heterocycles. The van der Waals surface area contributed by atoms with Crippen LogP contribution in [0.2, 0.25) is 0 Å². The van der Waals surface area contributed by atoms with Crippen molar-refractivity contribution >= 4 is 16.9 Å². The number of fused-ring (bicyclic) bond motifs is 1. The number of rotatable bonds is 4. The molecule has 0 aliphatic carbocycles. The van der Waals surface area contributed by atoms with Crippen LogP contribution in [0.3, 0.4) is 0 Å². The second-order valence-electron chi connectivity index (χ2n) is 4.93. The number of carbonyl (C=O) groups excluding carboxylic acids is 1. The van der Waals surface area contributed by atoms with E-state index in [0.29, 0.717) is 11.9 Å². The predicted octanol–water partition coefficient (Wildman–Crippen LogP) is 2.99. The minimum atomic E-state index is -0.493. The van der Waals surface area contributed by atoms with Crippen LogP contribution in [0.4, 0.5) is 4.39 Å². The molecule has 0 aliphatic rings. The fraction of sp³-hybridized carbons (Fsp3) is 0.118. The zero-order chi connectivity index (χ0) is 15.5. The monoisotopic (exact) mass is 299 g/mol. The Morgan fingerprint density at radius 2 is 1.91 bits per heavy atom. The van der Waals surface area contributed by atoms with E-state index < -0.39 is 11.7 Å². The first-order valence-electron chi connectivity index (χ1n) is 6.82. The Kier molecular flexibility index (Phi) is 3.89. The second kappa shape index (κ2) is 5.99. The van der Waals surface area contributed by atoms with Crippen molar-refractivity contribution in [3.63, 3.8) is 0 Å². The average molecular weight is 299 g/mol. The number of carbonyl (C=O) groups is 1. The number of amides is 1. The Hall–Kier alpha value is -2.66. The van der Waals surface area contributed by atoms with Crippen molar-refractivity contribution in [3.8, 4) is 0 Å². The maximum Gasteiger partial charge on any atom is 0.287 e. The fourth-order valence-corrected chi connectivity index (χ4v) is 2.25. The largest absolute Gasteiger partial charge is 0.448 e. The van der Waals surface area contributed by atoms with E-state index in [9.17, 15) is 9.18 Å². The molecule has 112 valence electrons. The van der Waals surface area contributed by atoms with Gasteiger partial charge in [0.1, 0.15) is 0 Å². The van der Waals surface area contributed by atoms with Crippen molar-refractivity contribution < 1.29 is 18.7 Å². The molecular weight excluding hydrogens is 285 g/mol. The highest BCUT2D eigenvalue weighted by atomic mass is 19.1. The molecule has 0 radical (unpaired) electrons. The molecule has 0 bridgehead atoms. The van der Waals surface area contributed by atoms with Gasteiger partial charge in [-0.15, -0.1) is 0 Å². The predicted molar refractivity (Wildman–Crippen MR) is 79.7 cm³/mol. The molecule has 0 atom stereocenters. The molecule has 1 amide bonds. The molecule has 0 spiro atoms. The third-order valence-corrected chi connectivity index (χ3v) is 3.35. The van der Waals surface area contributed by atoms with Crippen molar-refractivity contribution in [2.45, 2.75) is 13.2 Å². The van der Waals surface area contributed by atoms with Gasteiger partial charge in [-0.2, -0.15) is 0 Å². The Balaban J connectivity index is 1.74. The van der Waals surface area contributed by atoms with Crippen molar-refractivity contribution in [1.82, 2.24) is 5.32 Å². The molecule has 3 rings (SSSR count). The summed E-state index contributed by atoms with van der Waals surface area (Å²) in [5.41, 5.74) is 1.72. The summed E-state index contributed by atoms with van der Waals surface area (Å²) >= 11 is 0. The Morgan fingerprint density at radius 1 is 1.14 bits per heavy atom. The first-order chi connectivity index (χ1) is 10.7. The summed E-state index contributed by atoms with van der Waals surface area (Å²) in [6.07, 6.45) is 0. The summed E-state index contributed by atoms with van der Waals surface area (Å²) in [5.74, 6) is -0.837. The van der Waals surface area contributed by atoms with Gasteiger partial charge in [0.15, 0.2) is 17.2 Å². The van der Waals surface area contributed by atoms with E-state index in [0.717, 1.165) is 11.1 Å². The van der Waals surface area contributed by atoms with Gasteiger partial charge in [-0.05, 0) is 23.3 Å². The number of para-hydroxylation sites is 1. The van der Waals surface area contributed by atoms with Crippen LogP contribution in [0.5, 0.6) is 0 Å². The van der Waals surface area contributed by atoms with E-state index in [2.05, 4.69) is 5.32 Å². The van der Waals surface area contributed by atoms with Crippen LogP contribution in [0.1, 0.15) is 21.7 Å². The fourth-order valence-electron chi connectivity index (χ4n) is 2.25. The Bertz CT molecular complexity index is 826. The van der Waals surface area contributed by atoms with E-state index in [4.69, 9.17) is 9.52 Å². The van der Waals surface area contributed by atoms with Crippen molar-refractivity contribution in [2.24, 2.45) is 0 Å². The lowest BCUT2D eigenvalue weighted by atomic mass is 10.1. The third-order valence-electron chi connectivity index (χ3n) is 3.35. The maximum absolute atomic E-state index is 13.5. The molecule has 4 nitrogen and oxygen atoms in total. The van der Waals surface area contributed by atoms with Gasteiger partial charge in [0.05, 0.1) is 6.61 Å². The lowest BCUT2D eigenvalue weighted by molar-refractivity contribution is 0.0925. The normalized spacial score (nSPS) is 10.8. The van der Waals surface area contributed by atoms with Crippen LogP contribution < -0.4 is 5.32 Å². The van der Waals surface area contributed by atoms with E-state index in [1.807, 2.05) is 12.1 Å². The first kappa shape index (κ1) is 14.3. The molecule has 3 aromatic rings. The number of aliphatic hydroxyl groups excluding tert-OH is 1. The molecule has 22 heavy (non-hydrogen) atoms. The number of hydrogen-bond donors (Lipinski definition) is 2. The standard InChI is InChI=1S/C17H14FNO3/c18-14-6-2-5-13-8-15(22-16(13)14)17(21)19-9-11-3-1-4-12(7-11)10-20/h1-8,20H,9-10H2,(H,19,21). The number of aliphatic hydroxyl groups is 1. The van der Waals surface area contributed by atoms with Crippen LogP contribution in [-0.4, -0.2) is 11.0 Å². The van der Waals surface area contributed by atoms with Crippen molar-refractivity contribution in [3.05, 3.63) is 71.2 Å². The van der Waals surface area contributed by atoms with Gasteiger partial charge in [-0.1, -0.05) is 36.4 Å². The van der Waals surface area contributed by atoms with Gasteiger partial charge in [0.2, 0.25) is 0 Å². The molecule has 2 aromatic carbocycles. The molecular formula is C17H14FNO3. The lowest BCUT2D eigenvalue weighted by Crippen LogP contribution is -2.22. The molecule has 0 fully saturated rings. The van der Waals surface area contributed by atoms with Gasteiger partial charge < -0.3 is 14.8 Å². The maximum atomic E-state index is 13.5. The number of benzene rings is 2. The molecule has 2 N–H and O–H groups in total. The Labute approximate surface area is 126 Å². The minimum Gasteiger partial charge on any atom is -0.448 e. The summed E-state index contributed by atoms with van der Waals surface area (Å²) in [5, 5.41) is 12.3. The highest BCUT2D eigenvalue weighted by Crippen LogP contribution is 2.22. The smallest absolute Gasteiger partial charge is 0.287 e. The Morgan fingerprint density at radius 3 is 2.68 bits per heavy atom. The molecule has 0 aliphatic heterocycles. The summed E-state index contributed by atoms with van der Waals surface area (Å²) in [7, 11) is 0. The highest BCUT2D eigenvalue weighted by molar-refractivity contribution is 5.96.